The summed E-state index contributed by atoms with van der Waals surface area (Å²) in [5.41, 5.74) is 0.891. The molecule has 92 valence electrons. The van der Waals surface area contributed by atoms with Crippen LogP contribution in [-0.2, 0) is 4.79 Å². The lowest BCUT2D eigenvalue weighted by molar-refractivity contribution is -0.122. The van der Waals surface area contributed by atoms with Crippen LogP contribution in [0.4, 0.5) is 4.79 Å². The van der Waals surface area contributed by atoms with Crippen molar-refractivity contribution in [2.45, 2.75) is 0 Å². The monoisotopic (exact) mass is 323 g/mol. The molecule has 0 bridgehead atoms. The van der Waals surface area contributed by atoms with Gasteiger partial charge in [0, 0.05) is 11.0 Å². The van der Waals surface area contributed by atoms with Gasteiger partial charge in [0.25, 0.3) is 11.1 Å². The van der Waals surface area contributed by atoms with E-state index in [1.54, 1.807) is 12.2 Å². The predicted octanol–water partition coefficient (Wildman–Crippen LogP) is 3.67. The molecule has 1 aliphatic heterocycles. The number of benzene rings is 1. The third-order valence-corrected chi connectivity index (χ3v) is 3.79. The zero-order valence-electron chi connectivity index (χ0n) is 9.43. The van der Waals surface area contributed by atoms with E-state index in [0.29, 0.717) is 4.91 Å². The molecule has 1 saturated heterocycles. The molecule has 1 aliphatic rings. The molecule has 0 unspecified atom stereocenters. The SMILES string of the molecule is C=CCN1C(=O)S/C(=C\c2ccc(Br)cc2)C1=O. The number of hydrogen-bond donors (Lipinski definition) is 0. The number of imide groups is 1. The van der Waals surface area contributed by atoms with Crippen LogP contribution in [0.15, 0.2) is 46.3 Å². The van der Waals surface area contributed by atoms with Gasteiger partial charge in [-0.15, -0.1) is 6.58 Å². The molecule has 0 N–H and O–H groups in total. The zero-order valence-corrected chi connectivity index (χ0v) is 11.8. The molecule has 18 heavy (non-hydrogen) atoms. The summed E-state index contributed by atoms with van der Waals surface area (Å²) in [5, 5.41) is -0.247. The first kappa shape index (κ1) is 13.1. The number of carbonyl (C=O) groups excluding carboxylic acids is 2. The molecule has 0 atom stereocenters. The highest BCUT2D eigenvalue weighted by atomic mass is 79.9. The number of hydrogen-bond acceptors (Lipinski definition) is 3. The van der Waals surface area contributed by atoms with Gasteiger partial charge in [-0.05, 0) is 35.5 Å². The number of amides is 2. The van der Waals surface area contributed by atoms with Gasteiger partial charge in [-0.25, -0.2) is 0 Å². The van der Waals surface area contributed by atoms with Crippen LogP contribution in [0.1, 0.15) is 5.56 Å². The quantitative estimate of drug-likeness (QED) is 0.629. The molecule has 0 saturated carbocycles. The van der Waals surface area contributed by atoms with Gasteiger partial charge >= 0.3 is 0 Å². The molecule has 0 radical (unpaired) electrons. The molecule has 2 rings (SSSR count). The van der Waals surface area contributed by atoms with Crippen LogP contribution in [-0.4, -0.2) is 22.6 Å². The Morgan fingerprint density at radius 2 is 1.94 bits per heavy atom. The van der Waals surface area contributed by atoms with Crippen molar-refractivity contribution in [2.24, 2.45) is 0 Å². The van der Waals surface area contributed by atoms with Crippen molar-refractivity contribution in [3.63, 3.8) is 0 Å². The standard InChI is InChI=1S/C13H10BrNO2S/c1-2-7-15-12(16)11(18-13(15)17)8-9-3-5-10(14)6-4-9/h2-6,8H,1,7H2/b11-8-. The Morgan fingerprint density at radius 3 is 2.56 bits per heavy atom. The summed E-state index contributed by atoms with van der Waals surface area (Å²) in [6.45, 7) is 3.78. The number of thioether (sulfide) groups is 1. The van der Waals surface area contributed by atoms with Crippen LogP contribution in [0, 0.1) is 0 Å². The normalized spacial score (nSPS) is 17.6. The molecule has 1 fully saturated rings. The van der Waals surface area contributed by atoms with Gasteiger partial charge in [-0.2, -0.15) is 0 Å². The Hall–Kier alpha value is -1.33. The summed E-state index contributed by atoms with van der Waals surface area (Å²) < 4.78 is 0.972. The molecule has 2 amide bonds. The lowest BCUT2D eigenvalue weighted by Gasteiger charge is -2.07. The number of nitrogens with zero attached hydrogens (tertiary/aromatic N) is 1. The topological polar surface area (TPSA) is 37.4 Å². The molecule has 0 aromatic heterocycles. The zero-order chi connectivity index (χ0) is 13.1. The average molecular weight is 324 g/mol. The minimum absolute atomic E-state index is 0.247. The van der Waals surface area contributed by atoms with Crippen LogP contribution < -0.4 is 0 Å². The highest BCUT2D eigenvalue weighted by Gasteiger charge is 2.33. The Bertz CT molecular complexity index is 536. The molecule has 0 aliphatic carbocycles. The van der Waals surface area contributed by atoms with E-state index in [0.717, 1.165) is 21.8 Å². The first-order valence-electron chi connectivity index (χ1n) is 5.23. The summed E-state index contributed by atoms with van der Waals surface area (Å²) >= 11 is 4.30. The number of rotatable bonds is 3. The van der Waals surface area contributed by atoms with E-state index < -0.39 is 0 Å². The van der Waals surface area contributed by atoms with E-state index in [4.69, 9.17) is 0 Å². The van der Waals surface area contributed by atoms with Crippen molar-refractivity contribution in [1.82, 2.24) is 4.90 Å². The summed E-state index contributed by atoms with van der Waals surface area (Å²) in [6, 6.07) is 7.54. The Morgan fingerprint density at radius 1 is 1.28 bits per heavy atom. The Labute approximate surface area is 118 Å². The lowest BCUT2D eigenvalue weighted by Crippen LogP contribution is -2.27. The first-order valence-corrected chi connectivity index (χ1v) is 6.84. The maximum atomic E-state index is 11.9. The van der Waals surface area contributed by atoms with Crippen molar-refractivity contribution in [2.75, 3.05) is 6.54 Å². The third kappa shape index (κ3) is 2.73. The van der Waals surface area contributed by atoms with Gasteiger partial charge in [0.1, 0.15) is 0 Å². The van der Waals surface area contributed by atoms with Crippen LogP contribution in [0.2, 0.25) is 0 Å². The second-order valence-corrected chi connectivity index (χ2v) is 5.54. The summed E-state index contributed by atoms with van der Waals surface area (Å²) in [4.78, 5) is 25.2. The Balaban J connectivity index is 2.24. The van der Waals surface area contributed by atoms with Crippen LogP contribution in [0.5, 0.6) is 0 Å². The second-order valence-electron chi connectivity index (χ2n) is 3.63. The molecule has 1 heterocycles. The van der Waals surface area contributed by atoms with E-state index in [1.165, 1.54) is 4.90 Å². The fourth-order valence-corrected chi connectivity index (χ4v) is 2.61. The third-order valence-electron chi connectivity index (χ3n) is 2.35. The molecular weight excluding hydrogens is 314 g/mol. The van der Waals surface area contributed by atoms with Gasteiger partial charge in [-0.1, -0.05) is 34.1 Å². The van der Waals surface area contributed by atoms with E-state index in [-0.39, 0.29) is 17.7 Å². The first-order chi connectivity index (χ1) is 8.61. The van der Waals surface area contributed by atoms with Crippen molar-refractivity contribution >= 4 is 44.9 Å². The van der Waals surface area contributed by atoms with E-state index in [1.807, 2.05) is 24.3 Å². The molecular formula is C13H10BrNO2S. The van der Waals surface area contributed by atoms with Crippen LogP contribution in [0.25, 0.3) is 6.08 Å². The largest absolute Gasteiger partial charge is 0.293 e. The molecule has 0 spiro atoms. The van der Waals surface area contributed by atoms with Gasteiger partial charge in [-0.3, -0.25) is 14.5 Å². The smallest absolute Gasteiger partial charge is 0.268 e. The fourth-order valence-electron chi connectivity index (χ4n) is 1.50. The van der Waals surface area contributed by atoms with Gasteiger partial charge in [0.05, 0.1) is 4.91 Å². The lowest BCUT2D eigenvalue weighted by atomic mass is 10.2. The number of carbonyl (C=O) groups is 2. The maximum absolute atomic E-state index is 11.9. The van der Waals surface area contributed by atoms with E-state index in [2.05, 4.69) is 22.5 Å². The van der Waals surface area contributed by atoms with Gasteiger partial charge < -0.3 is 0 Å². The molecule has 1 aromatic carbocycles. The predicted molar refractivity (Wildman–Crippen MR) is 77.0 cm³/mol. The van der Waals surface area contributed by atoms with Gasteiger partial charge in [0.2, 0.25) is 0 Å². The highest BCUT2D eigenvalue weighted by molar-refractivity contribution is 9.10. The summed E-state index contributed by atoms with van der Waals surface area (Å²) in [7, 11) is 0. The van der Waals surface area contributed by atoms with Crippen molar-refractivity contribution < 1.29 is 9.59 Å². The van der Waals surface area contributed by atoms with Gasteiger partial charge in [0.15, 0.2) is 0 Å². The Kier molecular flexibility index (Phi) is 4.04. The van der Waals surface area contributed by atoms with E-state index >= 15 is 0 Å². The minimum Gasteiger partial charge on any atom is -0.268 e. The molecule has 3 nitrogen and oxygen atoms in total. The summed E-state index contributed by atoms with van der Waals surface area (Å²) in [5.74, 6) is -0.257. The molecule has 1 aromatic rings. The van der Waals surface area contributed by atoms with Crippen molar-refractivity contribution in [3.05, 3.63) is 51.9 Å². The van der Waals surface area contributed by atoms with Crippen LogP contribution >= 0.6 is 27.7 Å². The summed E-state index contributed by atoms with van der Waals surface area (Å²) in [6.07, 6.45) is 3.26. The number of halogens is 1. The van der Waals surface area contributed by atoms with Crippen molar-refractivity contribution in [3.8, 4) is 0 Å². The second kappa shape index (κ2) is 5.54. The van der Waals surface area contributed by atoms with E-state index in [9.17, 15) is 9.59 Å². The van der Waals surface area contributed by atoms with Crippen molar-refractivity contribution in [1.29, 1.82) is 0 Å². The fraction of sp³-hybridized carbons (Fsp3) is 0.0769. The molecule has 5 heteroatoms. The maximum Gasteiger partial charge on any atom is 0.293 e. The van der Waals surface area contributed by atoms with Crippen LogP contribution in [0.3, 0.4) is 0 Å². The highest BCUT2D eigenvalue weighted by Crippen LogP contribution is 2.32. The average Bonchev–Trinajstić information content (AvgIpc) is 2.60. The minimum atomic E-state index is -0.257.